The van der Waals surface area contributed by atoms with Crippen molar-refractivity contribution in [3.8, 4) is 0 Å². The Morgan fingerprint density at radius 3 is 0.545 bits per heavy atom. The molecule has 0 heterocycles. The van der Waals surface area contributed by atoms with E-state index >= 15 is 0 Å². The number of sulfone groups is 1. The number of nitrogens with zero attached hydrogens (tertiary/aromatic N) is 5. The summed E-state index contributed by atoms with van der Waals surface area (Å²) in [6.07, 6.45) is 0.0276. The van der Waals surface area contributed by atoms with Crippen LogP contribution in [-0.2, 0) is 54.1 Å². The summed E-state index contributed by atoms with van der Waals surface area (Å²) in [5, 5.41) is 0.153. The van der Waals surface area contributed by atoms with Crippen LogP contribution in [-0.4, -0.2) is 186 Å². The van der Waals surface area contributed by atoms with Crippen molar-refractivity contribution in [3.63, 3.8) is 0 Å². The molecule has 0 aliphatic heterocycles. The minimum absolute atomic E-state index is 0.00704. The summed E-state index contributed by atoms with van der Waals surface area (Å²) in [7, 11) is 6.49. The maximum atomic E-state index is 11.2. The first-order valence-corrected chi connectivity index (χ1v) is 41.0. The fourth-order valence-corrected chi connectivity index (χ4v) is 9.00. The molecule has 0 fully saturated rings. The van der Waals surface area contributed by atoms with Crippen LogP contribution in [0.25, 0.3) is 0 Å². The maximum absolute atomic E-state index is 11.2. The fourth-order valence-electron chi connectivity index (χ4n) is 6.40. The van der Waals surface area contributed by atoms with Crippen LogP contribution in [0.3, 0.4) is 0 Å². The van der Waals surface area contributed by atoms with E-state index in [1.165, 1.54) is 4.86 Å². The Kier molecular flexibility index (Phi) is 80.5. The molecule has 2 amide bonds. The summed E-state index contributed by atoms with van der Waals surface area (Å²) in [5.41, 5.74) is 0. The van der Waals surface area contributed by atoms with Gasteiger partial charge in [0.15, 0.2) is 9.84 Å². The molecular formula is C79H169N5O10S5. The molecule has 15 nitrogen and oxygen atoms in total. The van der Waals surface area contributed by atoms with Crippen molar-refractivity contribution in [3.05, 3.63) is 0 Å². The first-order chi connectivity index (χ1) is 44.0. The Bertz CT molecular complexity index is 1940. The summed E-state index contributed by atoms with van der Waals surface area (Å²) >= 11 is 15.5. The quantitative estimate of drug-likeness (QED) is 0.0740. The van der Waals surface area contributed by atoms with Crippen molar-refractivity contribution < 1.29 is 46.1 Å². The third kappa shape index (κ3) is 75.0. The van der Waals surface area contributed by atoms with E-state index in [1.807, 2.05) is 194 Å². The van der Waals surface area contributed by atoms with E-state index < -0.39 is 20.6 Å². The lowest BCUT2D eigenvalue weighted by atomic mass is 9.99. The zero-order valence-corrected chi connectivity index (χ0v) is 78.1. The number of Topliss-reactive ketones (excluding diaryl/α,β-unsaturated/α-hetero) is 1. The number of carbonyl (C=O) groups excluding carboxylic acids is 5. The van der Waals surface area contributed by atoms with Gasteiger partial charge in [-0.25, -0.2) is 8.42 Å². The maximum Gasteiger partial charge on any atom is 0.308 e. The molecule has 0 saturated heterocycles. The van der Waals surface area contributed by atoms with Crippen molar-refractivity contribution in [2.75, 3.05) is 35.2 Å². The van der Waals surface area contributed by atoms with Crippen molar-refractivity contribution in [2.45, 2.75) is 374 Å². The predicted octanol–water partition coefficient (Wildman–Crippen LogP) is 19.9. The SMILES string of the molecule is CC(C)C(=O)C(C)C.CC(C)C(=O)N(C)C(C)C.CC(C)C(=O)N(C)C(C)C.CC(C)C(=S)C(C)C.CC(C)C(=S)N(C)C(C)C.CC(C)C(=S)N(C)C(C)C.CC(C)N(C)C(C)C.CC(C)OC(=O)C(C)C.CC(C)OC(=O)C(C)C.CC(C)S(=O)(=O)C(C)C.CC(C)S(=O)C(C)C. The Morgan fingerprint density at radius 1 is 0.303 bits per heavy atom. The monoisotopic (exact) mass is 1510 g/mol. The summed E-state index contributed by atoms with van der Waals surface area (Å²) in [6, 6.07) is 3.03. The zero-order chi connectivity index (χ0) is 82.7. The lowest BCUT2D eigenvalue weighted by Gasteiger charge is -2.26. The van der Waals surface area contributed by atoms with Gasteiger partial charge in [0, 0.05) is 121 Å². The van der Waals surface area contributed by atoms with Gasteiger partial charge in [0.05, 0.1) is 44.5 Å². The van der Waals surface area contributed by atoms with Gasteiger partial charge in [-0.05, 0) is 162 Å². The first-order valence-electron chi connectivity index (χ1n) is 36.9. The average molecular weight is 1510 g/mol. The van der Waals surface area contributed by atoms with E-state index in [2.05, 4.69) is 133 Å². The molecule has 0 aliphatic carbocycles. The van der Waals surface area contributed by atoms with E-state index in [-0.39, 0.29) is 82.0 Å². The molecule has 0 N–H and O–H groups in total. The molecule has 0 spiro atoms. The molecule has 600 valence electrons. The minimum atomic E-state index is -2.81. The third-order valence-electron chi connectivity index (χ3n) is 14.3. The van der Waals surface area contributed by atoms with Gasteiger partial charge in [-0.1, -0.05) is 203 Å². The largest absolute Gasteiger partial charge is 0.463 e. The van der Waals surface area contributed by atoms with Gasteiger partial charge in [0.1, 0.15) is 5.78 Å². The van der Waals surface area contributed by atoms with Crippen molar-refractivity contribution in [1.29, 1.82) is 0 Å². The van der Waals surface area contributed by atoms with Crippen molar-refractivity contribution >= 4 is 102 Å². The van der Waals surface area contributed by atoms with E-state index in [0.29, 0.717) is 76.2 Å². The number of carbonyl (C=O) groups is 5. The number of amides is 2. The Morgan fingerprint density at radius 2 is 0.515 bits per heavy atom. The molecule has 0 aliphatic rings. The molecule has 0 rings (SSSR count). The molecule has 99 heavy (non-hydrogen) atoms. The van der Waals surface area contributed by atoms with Gasteiger partial charge in [-0.15, -0.1) is 0 Å². The summed E-state index contributed by atoms with van der Waals surface area (Å²) in [4.78, 5) is 68.2. The Balaban J connectivity index is -0.0000000957. The molecule has 0 atom stereocenters. The molecule has 0 aromatic rings. The normalized spacial score (nSPS) is 11.1. The van der Waals surface area contributed by atoms with Crippen LogP contribution in [0.15, 0.2) is 0 Å². The number of hydrogen-bond acceptors (Lipinski definition) is 14. The highest BCUT2D eigenvalue weighted by molar-refractivity contribution is 7.92. The number of thiocarbonyl (C=S) groups is 3. The highest BCUT2D eigenvalue weighted by Crippen LogP contribution is 2.11. The lowest BCUT2D eigenvalue weighted by molar-refractivity contribution is -0.152. The zero-order valence-electron chi connectivity index (χ0n) is 74.1. The summed E-state index contributed by atoms with van der Waals surface area (Å²) in [5.74, 6) is 3.30. The van der Waals surface area contributed by atoms with Crippen LogP contribution < -0.4 is 0 Å². The smallest absolute Gasteiger partial charge is 0.308 e. The minimum Gasteiger partial charge on any atom is -0.463 e. The first kappa shape index (κ1) is 120. The molecular weight excluding hydrogens is 1340 g/mol. The molecule has 0 bridgehead atoms. The number of rotatable bonds is 22. The Labute approximate surface area is 636 Å². The molecule has 20 heteroatoms. The van der Waals surface area contributed by atoms with E-state index in [1.54, 1.807) is 37.5 Å². The van der Waals surface area contributed by atoms with Crippen molar-refractivity contribution in [1.82, 2.24) is 24.5 Å². The number of ketones is 1. The third-order valence-corrected chi connectivity index (χ3v) is 21.2. The molecule has 0 aromatic heterocycles. The second-order valence-corrected chi connectivity index (χ2v) is 38.4. The van der Waals surface area contributed by atoms with Gasteiger partial charge in [0.25, 0.3) is 0 Å². The van der Waals surface area contributed by atoms with Crippen LogP contribution >= 0.6 is 36.7 Å². The summed E-state index contributed by atoms with van der Waals surface area (Å²) < 4.78 is 42.8. The van der Waals surface area contributed by atoms with Gasteiger partial charge < -0.3 is 34.0 Å². The number of ether oxygens (including phenoxy) is 2. The van der Waals surface area contributed by atoms with Crippen LogP contribution in [0, 0.1) is 59.2 Å². The predicted molar refractivity (Wildman–Crippen MR) is 451 cm³/mol. The second kappa shape index (κ2) is 66.2. The summed E-state index contributed by atoms with van der Waals surface area (Å²) in [6.45, 7) is 87.4. The molecule has 0 aromatic carbocycles. The fraction of sp³-hybridized carbons (Fsp3) is 0.899. The molecule has 0 unspecified atom stereocenters. The molecule has 0 radical (unpaired) electrons. The standard InChI is InChI=1S/2C8H17NO.2C8H17NS.C7H17N.2C7H14O2.C7H14O.C7H14S.C6H14O2S.C6H14OS/c4*1-6(2)8(10)9(5)7(3)4;1-6(2)8(5)7(3)4;2*1-5(2)7(8)9-6(3)4;2*1-5(2)7(8)6(3)4;1-5(2)9(7,8)6(3)4;1-5(2)8(7)6(3)4/h4*6-7H,1-5H3;6-7H,1-5H3;2*5-6H,1-4H3;2*5-6H,1-4H3;5-6H,1-4H3;5-6H,1-4H3. The van der Waals surface area contributed by atoms with Gasteiger partial charge in [-0.3, -0.25) is 28.2 Å². The topological polar surface area (TPSA) is 171 Å². The Hall–Kier alpha value is -2.52. The van der Waals surface area contributed by atoms with Gasteiger partial charge in [0.2, 0.25) is 11.8 Å². The number of esters is 2. The van der Waals surface area contributed by atoms with Crippen LogP contribution in [0.5, 0.6) is 0 Å². The highest BCUT2D eigenvalue weighted by Gasteiger charge is 2.21. The van der Waals surface area contributed by atoms with Crippen LogP contribution in [0.4, 0.5) is 0 Å². The van der Waals surface area contributed by atoms with Gasteiger partial charge >= 0.3 is 11.9 Å². The average Bonchev–Trinajstić information content (AvgIpc) is 3.47. The highest BCUT2D eigenvalue weighted by atomic mass is 32.2. The second-order valence-electron chi connectivity index (χ2n) is 31.5. The molecule has 0 saturated carbocycles. The van der Waals surface area contributed by atoms with Crippen molar-refractivity contribution in [2.24, 2.45) is 59.2 Å². The van der Waals surface area contributed by atoms with E-state index in [9.17, 15) is 36.6 Å². The van der Waals surface area contributed by atoms with Gasteiger partial charge in [-0.2, -0.15) is 0 Å². The lowest BCUT2D eigenvalue weighted by Crippen LogP contribution is -2.35. The number of hydrogen-bond donors (Lipinski definition) is 0. The van der Waals surface area contributed by atoms with E-state index in [4.69, 9.17) is 46.1 Å². The van der Waals surface area contributed by atoms with E-state index in [0.717, 1.165) is 9.98 Å². The van der Waals surface area contributed by atoms with Crippen LogP contribution in [0.1, 0.15) is 305 Å². The van der Waals surface area contributed by atoms with Crippen LogP contribution in [0.2, 0.25) is 0 Å².